The maximum Gasteiger partial charge on any atom is 0.326 e. The molecule has 0 aliphatic rings. The Morgan fingerprint density at radius 3 is 2.81 bits per heavy atom. The summed E-state index contributed by atoms with van der Waals surface area (Å²) in [7, 11) is 0. The lowest BCUT2D eigenvalue weighted by Gasteiger charge is -2.11. The summed E-state index contributed by atoms with van der Waals surface area (Å²) >= 11 is 0. The predicted octanol–water partition coefficient (Wildman–Crippen LogP) is 0.814. The number of carboxylic acids is 1. The summed E-state index contributed by atoms with van der Waals surface area (Å²) in [5.74, 6) is -2.85. The van der Waals surface area contributed by atoms with Crippen LogP contribution in [0.2, 0.25) is 0 Å². The molecule has 0 radical (unpaired) electrons. The molecule has 0 aliphatic heterocycles. The first kappa shape index (κ1) is 12.1. The average Bonchev–Trinajstić information content (AvgIpc) is 2.25. The molecule has 1 aromatic rings. The summed E-state index contributed by atoms with van der Waals surface area (Å²) in [4.78, 5) is 25.4. The van der Waals surface area contributed by atoms with E-state index in [-0.39, 0.29) is 12.0 Å². The molecule has 1 rings (SSSR count). The van der Waals surface area contributed by atoms with Crippen molar-refractivity contribution in [1.29, 1.82) is 0 Å². The van der Waals surface area contributed by atoms with Crippen LogP contribution >= 0.6 is 0 Å². The van der Waals surface area contributed by atoms with Gasteiger partial charge in [0.05, 0.1) is 5.56 Å². The molecule has 0 saturated carbocycles. The third-order valence-electron chi connectivity index (χ3n) is 2.02. The van der Waals surface area contributed by atoms with E-state index < -0.39 is 23.9 Å². The van der Waals surface area contributed by atoms with Gasteiger partial charge in [-0.05, 0) is 18.6 Å². The topological polar surface area (TPSA) is 79.3 Å². The normalized spacial score (nSPS) is 11.9. The molecule has 6 heteroatoms. The second kappa shape index (κ2) is 5.20. The minimum absolute atomic E-state index is 0.225. The van der Waals surface area contributed by atoms with Crippen molar-refractivity contribution >= 4 is 11.9 Å². The molecule has 5 nitrogen and oxygen atoms in total. The number of amides is 1. The first-order valence-electron chi connectivity index (χ1n) is 4.70. The number of aliphatic carboxylic acids is 1. The number of aromatic nitrogens is 1. The summed E-state index contributed by atoms with van der Waals surface area (Å²) in [5.41, 5.74) is -0.262. The van der Waals surface area contributed by atoms with Gasteiger partial charge in [-0.1, -0.05) is 6.92 Å². The van der Waals surface area contributed by atoms with Crippen LogP contribution in [-0.4, -0.2) is 28.0 Å². The fourth-order valence-corrected chi connectivity index (χ4v) is 1.13. The molecule has 0 unspecified atom stereocenters. The van der Waals surface area contributed by atoms with Gasteiger partial charge in [0.2, 0.25) is 5.95 Å². The molecule has 86 valence electrons. The van der Waals surface area contributed by atoms with Gasteiger partial charge in [-0.2, -0.15) is 4.39 Å². The SMILES string of the molecule is CC[C@@H](NC(=O)c1cccnc1F)C(=O)O. The van der Waals surface area contributed by atoms with Gasteiger partial charge in [0.15, 0.2) is 0 Å². The second-order valence-corrected chi connectivity index (χ2v) is 3.11. The van der Waals surface area contributed by atoms with Gasteiger partial charge in [0, 0.05) is 6.20 Å². The fourth-order valence-electron chi connectivity index (χ4n) is 1.13. The molecule has 16 heavy (non-hydrogen) atoms. The number of carbonyl (C=O) groups excluding carboxylic acids is 1. The lowest BCUT2D eigenvalue weighted by Crippen LogP contribution is -2.40. The van der Waals surface area contributed by atoms with Crippen LogP contribution in [0.1, 0.15) is 23.7 Å². The number of hydrogen-bond donors (Lipinski definition) is 2. The zero-order chi connectivity index (χ0) is 12.1. The van der Waals surface area contributed by atoms with E-state index in [4.69, 9.17) is 5.11 Å². The zero-order valence-corrected chi connectivity index (χ0v) is 8.61. The highest BCUT2D eigenvalue weighted by Gasteiger charge is 2.20. The molecule has 2 N–H and O–H groups in total. The van der Waals surface area contributed by atoms with Crippen LogP contribution in [0.25, 0.3) is 0 Å². The molecule has 0 fully saturated rings. The van der Waals surface area contributed by atoms with Gasteiger partial charge in [0.25, 0.3) is 5.91 Å². The van der Waals surface area contributed by atoms with Crippen LogP contribution in [0, 0.1) is 5.95 Å². The zero-order valence-electron chi connectivity index (χ0n) is 8.61. The van der Waals surface area contributed by atoms with Gasteiger partial charge in [-0.3, -0.25) is 4.79 Å². The number of rotatable bonds is 4. The molecule has 0 bridgehead atoms. The standard InChI is InChI=1S/C10H11FN2O3/c1-2-7(10(15)16)13-9(14)6-4-3-5-12-8(6)11/h3-5,7H,2H2,1H3,(H,13,14)(H,15,16)/t7-/m1/s1. The Labute approximate surface area is 91.3 Å². The highest BCUT2D eigenvalue weighted by atomic mass is 19.1. The molecule has 1 amide bonds. The summed E-state index contributed by atoms with van der Waals surface area (Å²) in [6.45, 7) is 1.61. The van der Waals surface area contributed by atoms with Crippen molar-refractivity contribution in [2.45, 2.75) is 19.4 Å². The summed E-state index contributed by atoms with van der Waals surface area (Å²) in [6.07, 6.45) is 1.43. The quantitative estimate of drug-likeness (QED) is 0.745. The minimum atomic E-state index is -1.15. The van der Waals surface area contributed by atoms with Crippen LogP contribution < -0.4 is 5.32 Å². The van der Waals surface area contributed by atoms with Gasteiger partial charge >= 0.3 is 5.97 Å². The number of nitrogens with one attached hydrogen (secondary N) is 1. The van der Waals surface area contributed by atoms with E-state index in [1.165, 1.54) is 18.3 Å². The van der Waals surface area contributed by atoms with Crippen molar-refractivity contribution in [2.24, 2.45) is 0 Å². The highest BCUT2D eigenvalue weighted by Crippen LogP contribution is 2.04. The Morgan fingerprint density at radius 1 is 1.62 bits per heavy atom. The van der Waals surface area contributed by atoms with E-state index in [1.807, 2.05) is 0 Å². The van der Waals surface area contributed by atoms with E-state index in [0.29, 0.717) is 0 Å². The molecule has 0 aliphatic carbocycles. The Balaban J connectivity index is 2.80. The van der Waals surface area contributed by atoms with E-state index >= 15 is 0 Å². The third kappa shape index (κ3) is 2.75. The molecule has 0 aromatic carbocycles. The van der Waals surface area contributed by atoms with Crippen LogP contribution in [-0.2, 0) is 4.79 Å². The average molecular weight is 226 g/mol. The molecule has 1 heterocycles. The Bertz CT molecular complexity index is 409. The fraction of sp³-hybridized carbons (Fsp3) is 0.300. The van der Waals surface area contributed by atoms with Crippen LogP contribution in [0.4, 0.5) is 4.39 Å². The van der Waals surface area contributed by atoms with E-state index in [9.17, 15) is 14.0 Å². The molecule has 1 atom stereocenters. The van der Waals surface area contributed by atoms with Gasteiger partial charge in [-0.15, -0.1) is 0 Å². The Morgan fingerprint density at radius 2 is 2.31 bits per heavy atom. The lowest BCUT2D eigenvalue weighted by molar-refractivity contribution is -0.139. The van der Waals surface area contributed by atoms with Crippen molar-refractivity contribution in [1.82, 2.24) is 10.3 Å². The van der Waals surface area contributed by atoms with Gasteiger partial charge in [-0.25, -0.2) is 9.78 Å². The van der Waals surface area contributed by atoms with Crippen molar-refractivity contribution < 1.29 is 19.1 Å². The van der Waals surface area contributed by atoms with Crippen molar-refractivity contribution in [3.8, 4) is 0 Å². The molecular weight excluding hydrogens is 215 g/mol. The first-order chi connectivity index (χ1) is 7.56. The third-order valence-corrected chi connectivity index (χ3v) is 2.02. The number of carbonyl (C=O) groups is 2. The van der Waals surface area contributed by atoms with Crippen molar-refractivity contribution in [3.05, 3.63) is 29.8 Å². The summed E-state index contributed by atoms with van der Waals surface area (Å²) in [5, 5.41) is 10.9. The number of hydrogen-bond acceptors (Lipinski definition) is 3. The molecule has 0 spiro atoms. The van der Waals surface area contributed by atoms with Gasteiger partial charge in [0.1, 0.15) is 6.04 Å². The minimum Gasteiger partial charge on any atom is -0.480 e. The number of pyridine rings is 1. The second-order valence-electron chi connectivity index (χ2n) is 3.11. The molecular formula is C10H11FN2O3. The first-order valence-corrected chi connectivity index (χ1v) is 4.70. The Hall–Kier alpha value is -1.98. The molecule has 1 aromatic heterocycles. The monoisotopic (exact) mass is 226 g/mol. The number of halogens is 1. The summed E-state index contributed by atoms with van der Waals surface area (Å²) in [6, 6.07) is 1.62. The summed E-state index contributed by atoms with van der Waals surface area (Å²) < 4.78 is 13.1. The van der Waals surface area contributed by atoms with Crippen LogP contribution in [0.5, 0.6) is 0 Å². The maximum absolute atomic E-state index is 13.1. The van der Waals surface area contributed by atoms with E-state index in [1.54, 1.807) is 6.92 Å². The molecule has 0 saturated heterocycles. The highest BCUT2D eigenvalue weighted by molar-refractivity contribution is 5.96. The lowest BCUT2D eigenvalue weighted by atomic mass is 10.2. The predicted molar refractivity (Wildman–Crippen MR) is 53.4 cm³/mol. The van der Waals surface area contributed by atoms with E-state index in [0.717, 1.165) is 0 Å². The number of nitrogens with zero attached hydrogens (tertiary/aromatic N) is 1. The smallest absolute Gasteiger partial charge is 0.326 e. The Kier molecular flexibility index (Phi) is 3.93. The van der Waals surface area contributed by atoms with Crippen LogP contribution in [0.15, 0.2) is 18.3 Å². The number of carboxylic acid groups (broad SMARTS) is 1. The van der Waals surface area contributed by atoms with E-state index in [2.05, 4.69) is 10.3 Å². The van der Waals surface area contributed by atoms with Crippen LogP contribution in [0.3, 0.4) is 0 Å². The maximum atomic E-state index is 13.1. The van der Waals surface area contributed by atoms with Crippen molar-refractivity contribution in [3.63, 3.8) is 0 Å². The largest absolute Gasteiger partial charge is 0.480 e. The van der Waals surface area contributed by atoms with Crippen molar-refractivity contribution in [2.75, 3.05) is 0 Å². The van der Waals surface area contributed by atoms with Gasteiger partial charge < -0.3 is 10.4 Å².